The molecule has 0 bridgehead atoms. The molecule has 0 aromatic carbocycles. The Morgan fingerprint density at radius 2 is 2.31 bits per heavy atom. The zero-order chi connectivity index (χ0) is 9.52. The van der Waals surface area contributed by atoms with E-state index in [1.807, 2.05) is 24.3 Å². The van der Waals surface area contributed by atoms with Crippen LogP contribution >= 0.6 is 0 Å². The van der Waals surface area contributed by atoms with Crippen LogP contribution in [0.5, 0.6) is 0 Å². The number of aromatic nitrogens is 1. The second-order valence-electron chi connectivity index (χ2n) is 2.30. The highest BCUT2D eigenvalue weighted by molar-refractivity contribution is 5.58. The van der Waals surface area contributed by atoms with E-state index in [0.29, 0.717) is 5.57 Å². The minimum absolute atomic E-state index is 0.448. The topological polar surface area (TPSA) is 63.4 Å². The van der Waals surface area contributed by atoms with Crippen LogP contribution in [0.25, 0.3) is 6.08 Å². The SMILES string of the molecule is N#C/C=C/C(C#N)=C\c1ccc[nH]1. The van der Waals surface area contributed by atoms with Crippen LogP contribution in [0, 0.1) is 22.7 Å². The standard InChI is InChI=1S/C10H7N3/c11-5-1-3-9(8-12)7-10-4-2-6-13-10/h1-4,6-7,13H/b3-1+,9-7+. The number of hydrogen-bond acceptors (Lipinski definition) is 2. The Morgan fingerprint density at radius 3 is 2.85 bits per heavy atom. The second kappa shape index (κ2) is 4.58. The van der Waals surface area contributed by atoms with Crippen LogP contribution in [-0.4, -0.2) is 4.98 Å². The summed E-state index contributed by atoms with van der Waals surface area (Å²) in [6.45, 7) is 0. The predicted molar refractivity (Wildman–Crippen MR) is 49.1 cm³/mol. The van der Waals surface area contributed by atoms with Crippen LogP contribution in [-0.2, 0) is 0 Å². The number of aromatic amines is 1. The molecule has 3 heteroatoms. The summed E-state index contributed by atoms with van der Waals surface area (Å²) in [5, 5.41) is 16.9. The smallest absolute Gasteiger partial charge is 0.0992 e. The summed E-state index contributed by atoms with van der Waals surface area (Å²) >= 11 is 0. The number of rotatable bonds is 2. The highest BCUT2D eigenvalue weighted by Gasteiger charge is 1.90. The quantitative estimate of drug-likeness (QED) is 0.543. The maximum absolute atomic E-state index is 8.66. The molecule has 0 aliphatic carbocycles. The van der Waals surface area contributed by atoms with Gasteiger partial charge >= 0.3 is 0 Å². The maximum Gasteiger partial charge on any atom is 0.0992 e. The van der Waals surface area contributed by atoms with E-state index in [1.54, 1.807) is 12.3 Å². The summed E-state index contributed by atoms with van der Waals surface area (Å²) in [6, 6.07) is 7.49. The van der Waals surface area contributed by atoms with Gasteiger partial charge in [0.2, 0.25) is 0 Å². The lowest BCUT2D eigenvalue weighted by Crippen LogP contribution is -1.74. The van der Waals surface area contributed by atoms with Gasteiger partial charge < -0.3 is 4.98 Å². The Kier molecular flexibility index (Phi) is 3.11. The van der Waals surface area contributed by atoms with Crippen LogP contribution in [0.15, 0.2) is 36.1 Å². The van der Waals surface area contributed by atoms with Gasteiger partial charge in [-0.05, 0) is 24.3 Å². The van der Waals surface area contributed by atoms with Gasteiger partial charge in [0.25, 0.3) is 0 Å². The van der Waals surface area contributed by atoms with Crippen LogP contribution in [0.2, 0.25) is 0 Å². The Bertz CT molecular complexity index is 396. The summed E-state index contributed by atoms with van der Waals surface area (Å²) in [7, 11) is 0. The van der Waals surface area contributed by atoms with Crippen molar-refractivity contribution in [2.45, 2.75) is 0 Å². The Balaban J connectivity index is 2.86. The van der Waals surface area contributed by atoms with Crippen LogP contribution in [0.3, 0.4) is 0 Å². The van der Waals surface area contributed by atoms with E-state index in [1.165, 1.54) is 12.2 Å². The molecule has 1 aromatic heterocycles. The molecule has 3 nitrogen and oxygen atoms in total. The van der Waals surface area contributed by atoms with E-state index >= 15 is 0 Å². The second-order valence-corrected chi connectivity index (χ2v) is 2.30. The lowest BCUT2D eigenvalue weighted by Gasteiger charge is -1.86. The molecule has 0 fully saturated rings. The lowest BCUT2D eigenvalue weighted by atomic mass is 10.2. The van der Waals surface area contributed by atoms with Gasteiger partial charge in [0.1, 0.15) is 0 Å². The average molecular weight is 169 g/mol. The van der Waals surface area contributed by atoms with Crippen molar-refractivity contribution in [3.8, 4) is 12.1 Å². The van der Waals surface area contributed by atoms with Gasteiger partial charge in [-0.2, -0.15) is 10.5 Å². The van der Waals surface area contributed by atoms with E-state index in [9.17, 15) is 0 Å². The van der Waals surface area contributed by atoms with Gasteiger partial charge in [-0.1, -0.05) is 0 Å². The van der Waals surface area contributed by atoms with Crippen molar-refractivity contribution in [1.29, 1.82) is 10.5 Å². The molecule has 0 atom stereocenters. The van der Waals surface area contributed by atoms with E-state index in [0.717, 1.165) is 5.69 Å². The third-order valence-electron chi connectivity index (χ3n) is 1.40. The van der Waals surface area contributed by atoms with Gasteiger partial charge in [0.05, 0.1) is 17.7 Å². The molecule has 0 aliphatic rings. The Hall–Kier alpha value is -2.26. The summed E-state index contributed by atoms with van der Waals surface area (Å²) in [5.74, 6) is 0. The van der Waals surface area contributed by atoms with Gasteiger partial charge in [0.15, 0.2) is 0 Å². The molecule has 0 aliphatic heterocycles. The monoisotopic (exact) mass is 169 g/mol. The molecular formula is C10H7N3. The molecule has 0 saturated heterocycles. The number of nitriles is 2. The van der Waals surface area contributed by atoms with Gasteiger partial charge in [-0.3, -0.25) is 0 Å². The van der Waals surface area contributed by atoms with Crippen molar-refractivity contribution in [3.63, 3.8) is 0 Å². The van der Waals surface area contributed by atoms with E-state index < -0.39 is 0 Å². The molecule has 1 heterocycles. The minimum Gasteiger partial charge on any atom is -0.362 e. The molecule has 0 saturated carbocycles. The normalized spacial score (nSPS) is 11.1. The summed E-state index contributed by atoms with van der Waals surface area (Å²) in [5.41, 5.74) is 1.29. The van der Waals surface area contributed by atoms with Crippen LogP contribution in [0.1, 0.15) is 5.69 Å². The summed E-state index contributed by atoms with van der Waals surface area (Å²) < 4.78 is 0. The molecule has 0 radical (unpaired) electrons. The zero-order valence-electron chi connectivity index (χ0n) is 6.86. The van der Waals surface area contributed by atoms with Gasteiger partial charge in [-0.15, -0.1) is 0 Å². The van der Waals surface area contributed by atoms with Crippen molar-refractivity contribution in [2.75, 3.05) is 0 Å². The predicted octanol–water partition coefficient (Wildman–Crippen LogP) is 2.00. The molecular weight excluding hydrogens is 162 g/mol. The number of nitrogens with zero attached hydrogens (tertiary/aromatic N) is 2. The number of hydrogen-bond donors (Lipinski definition) is 1. The highest BCUT2D eigenvalue weighted by atomic mass is 14.7. The summed E-state index contributed by atoms with van der Waals surface area (Å²) in [6.07, 6.45) is 6.20. The third-order valence-corrected chi connectivity index (χ3v) is 1.40. The first-order chi connectivity index (χ1) is 6.36. The number of nitrogens with one attached hydrogen (secondary N) is 1. The largest absolute Gasteiger partial charge is 0.362 e. The molecule has 0 spiro atoms. The van der Waals surface area contributed by atoms with Crippen molar-refractivity contribution < 1.29 is 0 Å². The first-order valence-electron chi connectivity index (χ1n) is 3.68. The van der Waals surface area contributed by atoms with E-state index in [2.05, 4.69) is 4.98 Å². The molecule has 1 rings (SSSR count). The molecule has 0 unspecified atom stereocenters. The fourth-order valence-electron chi connectivity index (χ4n) is 0.846. The van der Waals surface area contributed by atoms with Gasteiger partial charge in [0, 0.05) is 18.0 Å². The first-order valence-corrected chi connectivity index (χ1v) is 3.68. The fraction of sp³-hybridized carbons (Fsp3) is 0. The highest BCUT2D eigenvalue weighted by Crippen LogP contribution is 2.04. The minimum atomic E-state index is 0.448. The fourth-order valence-corrected chi connectivity index (χ4v) is 0.846. The number of H-pyrrole nitrogens is 1. The van der Waals surface area contributed by atoms with Crippen molar-refractivity contribution in [1.82, 2.24) is 4.98 Å². The van der Waals surface area contributed by atoms with Crippen molar-refractivity contribution in [2.24, 2.45) is 0 Å². The summed E-state index contributed by atoms with van der Waals surface area (Å²) in [4.78, 5) is 2.93. The van der Waals surface area contributed by atoms with Crippen LogP contribution in [0.4, 0.5) is 0 Å². The maximum atomic E-state index is 8.66. The molecule has 62 valence electrons. The van der Waals surface area contributed by atoms with Crippen molar-refractivity contribution in [3.05, 3.63) is 41.7 Å². The first kappa shape index (κ1) is 8.83. The molecule has 13 heavy (non-hydrogen) atoms. The third kappa shape index (κ3) is 2.69. The molecule has 1 aromatic rings. The zero-order valence-corrected chi connectivity index (χ0v) is 6.86. The van der Waals surface area contributed by atoms with E-state index in [-0.39, 0.29) is 0 Å². The lowest BCUT2D eigenvalue weighted by molar-refractivity contribution is 1.37. The van der Waals surface area contributed by atoms with Gasteiger partial charge in [-0.25, -0.2) is 0 Å². The number of allylic oxidation sites excluding steroid dienone is 3. The Labute approximate surface area is 76.2 Å². The molecule has 1 N–H and O–H groups in total. The average Bonchev–Trinajstić information content (AvgIpc) is 2.64. The van der Waals surface area contributed by atoms with E-state index in [4.69, 9.17) is 10.5 Å². The van der Waals surface area contributed by atoms with Crippen molar-refractivity contribution >= 4 is 6.08 Å². The molecule has 0 amide bonds. The van der Waals surface area contributed by atoms with Crippen LogP contribution < -0.4 is 0 Å². The Morgan fingerprint density at radius 1 is 1.46 bits per heavy atom.